The Hall–Kier alpha value is -2.05. The van der Waals surface area contributed by atoms with Crippen LogP contribution < -0.4 is 10.0 Å². The second-order valence-corrected chi connectivity index (χ2v) is 12.5. The molecule has 1 aromatic rings. The van der Waals surface area contributed by atoms with Crippen molar-refractivity contribution in [2.24, 2.45) is 11.8 Å². The standard InChI is InChI=1S/C22H39N5O6S/c1-12(2)15(17(28)19-24-25-21(33-19)22(5,6)7)23-18(29)14-10-9-11-27(14)20(30)16(13(3)4)26-34(8,31)32/h12-17,26,28H,9-11H2,1-8H3,(H,23,29)/t14-,15-,16-,17?/m0/s1. The van der Waals surface area contributed by atoms with Crippen molar-refractivity contribution in [1.29, 1.82) is 0 Å². The highest BCUT2D eigenvalue weighted by atomic mass is 32.2. The van der Waals surface area contributed by atoms with E-state index in [2.05, 4.69) is 20.2 Å². The van der Waals surface area contributed by atoms with E-state index in [0.717, 1.165) is 6.26 Å². The summed E-state index contributed by atoms with van der Waals surface area (Å²) in [7, 11) is -3.62. The number of nitrogens with one attached hydrogen (secondary N) is 2. The van der Waals surface area contributed by atoms with Gasteiger partial charge in [-0.3, -0.25) is 9.59 Å². The van der Waals surface area contributed by atoms with Gasteiger partial charge in [0.1, 0.15) is 12.1 Å². The van der Waals surface area contributed by atoms with Crippen LogP contribution in [0.3, 0.4) is 0 Å². The van der Waals surface area contributed by atoms with Crippen molar-refractivity contribution in [3.05, 3.63) is 11.8 Å². The molecule has 11 nitrogen and oxygen atoms in total. The highest BCUT2D eigenvalue weighted by Gasteiger charge is 2.41. The average Bonchev–Trinajstić information content (AvgIpc) is 3.37. The Morgan fingerprint density at radius 2 is 1.76 bits per heavy atom. The fraction of sp³-hybridized carbons (Fsp3) is 0.818. The predicted octanol–water partition coefficient (Wildman–Crippen LogP) is 1.11. The lowest BCUT2D eigenvalue weighted by Gasteiger charge is -2.32. The second kappa shape index (κ2) is 10.7. The number of aliphatic hydroxyl groups excluding tert-OH is 1. The molecule has 1 aliphatic rings. The molecule has 194 valence electrons. The number of nitrogens with zero attached hydrogens (tertiary/aromatic N) is 3. The summed E-state index contributed by atoms with van der Waals surface area (Å²) in [6.07, 6.45) is 0.826. The molecule has 1 saturated heterocycles. The third-order valence-corrected chi connectivity index (χ3v) is 6.50. The maximum Gasteiger partial charge on any atom is 0.247 e. The summed E-state index contributed by atoms with van der Waals surface area (Å²) in [4.78, 5) is 27.8. The van der Waals surface area contributed by atoms with Crippen LogP contribution in [-0.2, 0) is 25.0 Å². The third kappa shape index (κ3) is 6.98. The summed E-state index contributed by atoms with van der Waals surface area (Å²) in [6, 6.07) is -2.46. The van der Waals surface area contributed by atoms with E-state index in [9.17, 15) is 23.1 Å². The van der Waals surface area contributed by atoms with Crippen LogP contribution in [0.25, 0.3) is 0 Å². The van der Waals surface area contributed by atoms with E-state index in [1.54, 1.807) is 13.8 Å². The molecule has 0 saturated carbocycles. The quantitative estimate of drug-likeness (QED) is 0.454. The molecule has 1 fully saturated rings. The van der Waals surface area contributed by atoms with Crippen LogP contribution in [0.4, 0.5) is 0 Å². The van der Waals surface area contributed by atoms with Gasteiger partial charge in [0.2, 0.25) is 33.6 Å². The van der Waals surface area contributed by atoms with Gasteiger partial charge in [0.15, 0.2) is 6.10 Å². The fourth-order valence-electron chi connectivity index (χ4n) is 3.87. The minimum atomic E-state index is -3.62. The molecule has 2 rings (SSSR count). The number of carbonyl (C=O) groups excluding carboxylic acids is 2. The molecule has 1 aliphatic heterocycles. The van der Waals surface area contributed by atoms with Crippen molar-refractivity contribution < 1.29 is 27.5 Å². The number of aliphatic hydroxyl groups is 1. The minimum Gasteiger partial charge on any atom is -0.422 e. The van der Waals surface area contributed by atoms with Gasteiger partial charge in [0, 0.05) is 12.0 Å². The van der Waals surface area contributed by atoms with E-state index >= 15 is 0 Å². The maximum atomic E-state index is 13.2. The normalized spacial score (nSPS) is 20.0. The average molecular weight is 502 g/mol. The molecule has 0 aromatic carbocycles. The number of amides is 2. The third-order valence-electron chi connectivity index (χ3n) is 5.81. The van der Waals surface area contributed by atoms with Crippen molar-refractivity contribution in [3.8, 4) is 0 Å². The van der Waals surface area contributed by atoms with Crippen LogP contribution in [0.1, 0.15) is 79.2 Å². The van der Waals surface area contributed by atoms with Crippen molar-refractivity contribution >= 4 is 21.8 Å². The summed E-state index contributed by atoms with van der Waals surface area (Å²) in [6.45, 7) is 13.3. The molecular weight excluding hydrogens is 462 g/mol. The molecule has 0 aliphatic carbocycles. The Morgan fingerprint density at radius 1 is 1.15 bits per heavy atom. The first-order valence-corrected chi connectivity index (χ1v) is 13.5. The van der Waals surface area contributed by atoms with Crippen molar-refractivity contribution in [1.82, 2.24) is 25.1 Å². The van der Waals surface area contributed by atoms with Gasteiger partial charge in [0.25, 0.3) is 0 Å². The first kappa shape index (κ1) is 28.2. The summed E-state index contributed by atoms with van der Waals surface area (Å²) in [5, 5.41) is 21.7. The maximum absolute atomic E-state index is 13.2. The van der Waals surface area contributed by atoms with Crippen molar-refractivity contribution in [2.45, 2.75) is 91.0 Å². The van der Waals surface area contributed by atoms with Gasteiger partial charge >= 0.3 is 0 Å². The van der Waals surface area contributed by atoms with E-state index in [1.165, 1.54) is 4.90 Å². The van der Waals surface area contributed by atoms with Crippen molar-refractivity contribution in [3.63, 3.8) is 0 Å². The van der Waals surface area contributed by atoms with Gasteiger partial charge in [-0.15, -0.1) is 10.2 Å². The van der Waals surface area contributed by atoms with Crippen molar-refractivity contribution in [2.75, 3.05) is 12.8 Å². The molecule has 1 unspecified atom stereocenters. The van der Waals surface area contributed by atoms with Gasteiger partial charge in [-0.2, -0.15) is 0 Å². The van der Waals surface area contributed by atoms with Crippen LogP contribution in [0, 0.1) is 11.8 Å². The molecule has 34 heavy (non-hydrogen) atoms. The Labute approximate surface area is 202 Å². The zero-order valence-electron chi connectivity index (χ0n) is 21.3. The number of aromatic nitrogens is 2. The Morgan fingerprint density at radius 3 is 2.24 bits per heavy atom. The summed E-state index contributed by atoms with van der Waals surface area (Å²) in [5.74, 6) is -0.940. The number of hydrogen-bond donors (Lipinski definition) is 3. The topological polar surface area (TPSA) is 155 Å². The predicted molar refractivity (Wildman–Crippen MR) is 126 cm³/mol. The lowest BCUT2D eigenvalue weighted by Crippen LogP contribution is -2.56. The van der Waals surface area contributed by atoms with E-state index in [1.807, 2.05) is 34.6 Å². The van der Waals surface area contributed by atoms with Gasteiger partial charge in [-0.1, -0.05) is 48.5 Å². The lowest BCUT2D eigenvalue weighted by atomic mass is 9.97. The van der Waals surface area contributed by atoms with E-state index in [0.29, 0.717) is 25.3 Å². The molecule has 0 radical (unpaired) electrons. The summed E-state index contributed by atoms with van der Waals surface area (Å²) >= 11 is 0. The molecule has 1 aromatic heterocycles. The second-order valence-electron chi connectivity index (χ2n) is 10.7. The number of carbonyl (C=O) groups is 2. The van der Waals surface area contributed by atoms with Gasteiger partial charge in [-0.05, 0) is 24.7 Å². The highest BCUT2D eigenvalue weighted by Crippen LogP contribution is 2.27. The van der Waals surface area contributed by atoms with E-state index < -0.39 is 46.1 Å². The van der Waals surface area contributed by atoms with Crippen LogP contribution in [0.2, 0.25) is 0 Å². The smallest absolute Gasteiger partial charge is 0.247 e. The monoisotopic (exact) mass is 501 g/mol. The number of likely N-dealkylation sites (tertiary alicyclic amines) is 1. The van der Waals surface area contributed by atoms with E-state index in [-0.39, 0.29) is 23.1 Å². The Kier molecular flexibility index (Phi) is 8.87. The first-order chi connectivity index (χ1) is 15.5. The number of rotatable bonds is 9. The molecule has 12 heteroatoms. The molecule has 3 N–H and O–H groups in total. The minimum absolute atomic E-state index is 0.0144. The zero-order chi connectivity index (χ0) is 26.0. The molecule has 0 bridgehead atoms. The Bertz CT molecular complexity index is 969. The molecule has 0 spiro atoms. The number of hydrogen-bond acceptors (Lipinski definition) is 8. The van der Waals surface area contributed by atoms with Crippen LogP contribution in [-0.4, -0.2) is 71.4 Å². The highest BCUT2D eigenvalue weighted by molar-refractivity contribution is 7.88. The molecule has 4 atom stereocenters. The van der Waals surface area contributed by atoms with Gasteiger partial charge < -0.3 is 19.7 Å². The lowest BCUT2D eigenvalue weighted by molar-refractivity contribution is -0.141. The largest absolute Gasteiger partial charge is 0.422 e. The van der Waals surface area contributed by atoms with Gasteiger partial charge in [-0.25, -0.2) is 13.1 Å². The van der Waals surface area contributed by atoms with Crippen LogP contribution in [0.5, 0.6) is 0 Å². The molecule has 2 amide bonds. The van der Waals surface area contributed by atoms with Gasteiger partial charge in [0.05, 0.1) is 12.3 Å². The fourth-order valence-corrected chi connectivity index (χ4v) is 4.70. The summed E-state index contributed by atoms with van der Waals surface area (Å²) < 4.78 is 31.6. The molecular formula is C22H39N5O6S. The zero-order valence-corrected chi connectivity index (χ0v) is 22.1. The first-order valence-electron chi connectivity index (χ1n) is 11.6. The van der Waals surface area contributed by atoms with Crippen LogP contribution >= 0.6 is 0 Å². The van der Waals surface area contributed by atoms with E-state index in [4.69, 9.17) is 4.42 Å². The Balaban J connectivity index is 2.20. The molecule has 2 heterocycles. The number of sulfonamides is 1. The summed E-state index contributed by atoms with van der Waals surface area (Å²) in [5.41, 5.74) is -0.390. The SMILES string of the molecule is CC(C)[C@H](NC(=O)[C@@H]1CCCN1C(=O)[C@@H](NS(C)(=O)=O)C(C)C)C(O)c1nnc(C(C)(C)C)o1. The van der Waals surface area contributed by atoms with Crippen LogP contribution in [0.15, 0.2) is 4.42 Å².